The highest BCUT2D eigenvalue weighted by atomic mass is 19.4. The van der Waals surface area contributed by atoms with Gasteiger partial charge < -0.3 is 9.13 Å². The van der Waals surface area contributed by atoms with Crippen LogP contribution in [0.2, 0.25) is 0 Å². The lowest BCUT2D eigenvalue weighted by atomic mass is 9.92. The van der Waals surface area contributed by atoms with Crippen LogP contribution >= 0.6 is 0 Å². The Morgan fingerprint density at radius 3 is 0.964 bits per heavy atom. The zero-order chi connectivity index (χ0) is 56.3. The van der Waals surface area contributed by atoms with Gasteiger partial charge in [-0.25, -0.2) is 15.0 Å². The summed E-state index contributed by atoms with van der Waals surface area (Å²) in [6.07, 6.45) is -4.86. The van der Waals surface area contributed by atoms with E-state index in [1.165, 1.54) is 0 Å². The molecule has 0 unspecified atom stereocenters. The topological polar surface area (TPSA) is 48.5 Å². The summed E-state index contributed by atoms with van der Waals surface area (Å²) in [4.78, 5) is 15.5. The predicted octanol–water partition coefficient (Wildman–Crippen LogP) is 20.4. The first-order chi connectivity index (χ1) is 41.3. The second kappa shape index (κ2) is 20.5. The summed E-state index contributed by atoms with van der Waals surface area (Å²) < 4.78 is 54.9. The van der Waals surface area contributed by atoms with Crippen LogP contribution in [0.1, 0.15) is 5.56 Å². The Morgan fingerprint density at radius 2 is 0.595 bits per heavy atom. The van der Waals surface area contributed by atoms with Crippen LogP contribution in [0.5, 0.6) is 0 Å². The Hall–Kier alpha value is -11.0. The van der Waals surface area contributed by atoms with Gasteiger partial charge in [-0.15, -0.1) is 0 Å². The Bertz CT molecular complexity index is 4710. The van der Waals surface area contributed by atoms with Crippen LogP contribution in [0.3, 0.4) is 0 Å². The van der Waals surface area contributed by atoms with Gasteiger partial charge in [0.1, 0.15) is 0 Å². The molecule has 0 spiro atoms. The average Bonchev–Trinajstić information content (AvgIpc) is 2.06. The van der Waals surface area contributed by atoms with Gasteiger partial charge in [0.2, 0.25) is 0 Å². The van der Waals surface area contributed by atoms with Crippen LogP contribution in [-0.4, -0.2) is 24.1 Å². The van der Waals surface area contributed by atoms with Gasteiger partial charge >= 0.3 is 6.18 Å². The molecule has 15 rings (SSSR count). The van der Waals surface area contributed by atoms with Crippen molar-refractivity contribution in [3.63, 3.8) is 0 Å². The Labute approximate surface area is 482 Å². The first kappa shape index (κ1) is 50.0. The summed E-state index contributed by atoms with van der Waals surface area (Å²) in [7, 11) is 0. The van der Waals surface area contributed by atoms with Gasteiger partial charge in [-0.05, 0) is 122 Å². The minimum absolute atomic E-state index is 0.00798. The molecule has 15 aromatic rings. The van der Waals surface area contributed by atoms with Gasteiger partial charge in [0.25, 0.3) is 0 Å². The molecule has 398 valence electrons. The molecule has 0 saturated heterocycles. The van der Waals surface area contributed by atoms with Crippen molar-refractivity contribution in [1.82, 2.24) is 24.1 Å². The first-order valence-electron chi connectivity index (χ1n) is 27.9. The Balaban J connectivity index is 1.01. The van der Waals surface area contributed by atoms with E-state index in [9.17, 15) is 0 Å². The molecule has 3 aromatic heterocycles. The number of nitrogens with zero attached hydrogens (tertiary/aromatic N) is 5. The molecule has 0 aliphatic rings. The molecular formula is C76H48F3N5. The van der Waals surface area contributed by atoms with E-state index in [0.29, 0.717) is 39.5 Å². The first-order valence-corrected chi connectivity index (χ1v) is 27.9. The maximum absolute atomic E-state index is 17.0. The van der Waals surface area contributed by atoms with Crippen LogP contribution in [0.4, 0.5) is 13.2 Å². The zero-order valence-electron chi connectivity index (χ0n) is 45.1. The second-order valence-corrected chi connectivity index (χ2v) is 21.0. The highest BCUT2D eigenvalue weighted by molar-refractivity contribution is 6.13. The van der Waals surface area contributed by atoms with Crippen molar-refractivity contribution in [3.8, 4) is 101 Å². The largest absolute Gasteiger partial charge is 0.419 e. The van der Waals surface area contributed by atoms with E-state index in [1.807, 2.05) is 200 Å². The molecule has 0 aliphatic carbocycles. The molecule has 5 nitrogen and oxygen atoms in total. The molecule has 3 heterocycles. The number of hydrogen-bond acceptors (Lipinski definition) is 3. The molecule has 0 bridgehead atoms. The van der Waals surface area contributed by atoms with Gasteiger partial charge in [-0.3, -0.25) is 0 Å². The summed E-state index contributed by atoms with van der Waals surface area (Å²) in [6, 6.07) is 95.7. The van der Waals surface area contributed by atoms with Crippen molar-refractivity contribution in [2.45, 2.75) is 6.18 Å². The SMILES string of the molecule is FC(F)(F)c1c(-c2ccc(-n3c4ccc(-c5ccccc5)cc4c4cc(-c5ccccc5)ccc43)cc2-c2nc(-c3ccccc3)nc(-c3ccccc3)n2)cccc1-n1c2ccc(-c3ccccc3)cc2c2cc(-c3ccccc3)ccc21. The summed E-state index contributed by atoms with van der Waals surface area (Å²) in [5.74, 6) is 0.985. The zero-order valence-corrected chi connectivity index (χ0v) is 45.1. The van der Waals surface area contributed by atoms with E-state index in [0.717, 1.165) is 88.2 Å². The van der Waals surface area contributed by atoms with E-state index in [1.54, 1.807) is 22.8 Å². The molecule has 0 fully saturated rings. The average molecular weight is 1090 g/mol. The van der Waals surface area contributed by atoms with Gasteiger partial charge in [-0.1, -0.05) is 224 Å². The third-order valence-electron chi connectivity index (χ3n) is 16.0. The number of rotatable bonds is 10. The van der Waals surface area contributed by atoms with Crippen LogP contribution in [0.15, 0.2) is 291 Å². The molecule has 0 N–H and O–H groups in total. The van der Waals surface area contributed by atoms with Crippen molar-refractivity contribution in [1.29, 1.82) is 0 Å². The fraction of sp³-hybridized carbons (Fsp3) is 0.0132. The molecule has 0 amide bonds. The number of fused-ring (bicyclic) bond motifs is 6. The number of alkyl halides is 3. The summed E-state index contributed by atoms with van der Waals surface area (Å²) in [5.41, 5.74) is 13.4. The van der Waals surface area contributed by atoms with Gasteiger partial charge in [0, 0.05) is 43.9 Å². The maximum Gasteiger partial charge on any atom is 0.419 e. The van der Waals surface area contributed by atoms with Gasteiger partial charge in [0.05, 0.1) is 33.3 Å². The summed E-state index contributed by atoms with van der Waals surface area (Å²) in [5, 5.41) is 3.71. The highest BCUT2D eigenvalue weighted by Gasteiger charge is 2.39. The quantitative estimate of drug-likeness (QED) is 0.137. The predicted molar refractivity (Wildman–Crippen MR) is 337 cm³/mol. The summed E-state index contributed by atoms with van der Waals surface area (Å²) >= 11 is 0. The number of benzene rings is 12. The van der Waals surface area contributed by atoms with E-state index in [-0.39, 0.29) is 17.1 Å². The summed E-state index contributed by atoms with van der Waals surface area (Å²) in [6.45, 7) is 0. The Morgan fingerprint density at radius 1 is 0.250 bits per heavy atom. The number of halogens is 3. The lowest BCUT2D eigenvalue weighted by Crippen LogP contribution is -2.13. The van der Waals surface area contributed by atoms with E-state index < -0.39 is 11.7 Å². The van der Waals surface area contributed by atoms with Crippen LogP contribution in [0.25, 0.3) is 145 Å². The molecular weight excluding hydrogens is 1040 g/mol. The molecule has 8 heteroatoms. The Kier molecular flexibility index (Phi) is 12.2. The number of hydrogen-bond donors (Lipinski definition) is 0. The molecule has 0 radical (unpaired) electrons. The van der Waals surface area contributed by atoms with Crippen LogP contribution in [0, 0.1) is 0 Å². The van der Waals surface area contributed by atoms with Crippen molar-refractivity contribution < 1.29 is 13.2 Å². The second-order valence-electron chi connectivity index (χ2n) is 21.0. The van der Waals surface area contributed by atoms with Gasteiger partial charge in [-0.2, -0.15) is 13.2 Å². The van der Waals surface area contributed by atoms with Crippen molar-refractivity contribution in [2.24, 2.45) is 0 Å². The number of aromatic nitrogens is 5. The normalized spacial score (nSPS) is 11.8. The van der Waals surface area contributed by atoms with Crippen molar-refractivity contribution >= 4 is 43.6 Å². The molecule has 0 saturated carbocycles. The third-order valence-corrected chi connectivity index (χ3v) is 16.0. The smallest absolute Gasteiger partial charge is 0.309 e. The lowest BCUT2D eigenvalue weighted by Gasteiger charge is -2.22. The van der Waals surface area contributed by atoms with Crippen molar-refractivity contribution in [3.05, 3.63) is 297 Å². The highest BCUT2D eigenvalue weighted by Crippen LogP contribution is 2.48. The van der Waals surface area contributed by atoms with Crippen LogP contribution in [-0.2, 0) is 6.18 Å². The lowest BCUT2D eigenvalue weighted by molar-refractivity contribution is -0.136. The fourth-order valence-electron chi connectivity index (χ4n) is 12.1. The monoisotopic (exact) mass is 1090 g/mol. The van der Waals surface area contributed by atoms with Gasteiger partial charge in [0.15, 0.2) is 17.5 Å². The molecule has 84 heavy (non-hydrogen) atoms. The molecule has 0 aliphatic heterocycles. The molecule has 12 aromatic carbocycles. The van der Waals surface area contributed by atoms with E-state index in [2.05, 4.69) is 77.4 Å². The third kappa shape index (κ3) is 8.89. The standard InChI is InChI=1S/C76H48F3N5/c77-76(78,79)72-61(32-19-33-71(72)84-69-42-36-57(51-24-11-3-12-25-51)46-64(69)65-47-58(37-43-70(65)84)52-26-13-4-14-27-52)60-39-38-59(48-66(60)75-81-73(53-28-15-5-16-29-53)80-74(82-75)54-30-17-6-18-31-54)83-67-40-34-55(49-20-7-1-8-21-49)44-62(67)63-45-56(35-41-68(63)83)50-22-9-2-10-23-50/h1-48H. The molecule has 0 atom stereocenters. The minimum Gasteiger partial charge on any atom is -0.309 e. The van der Waals surface area contributed by atoms with Crippen molar-refractivity contribution in [2.75, 3.05) is 0 Å². The maximum atomic E-state index is 17.0. The van der Waals surface area contributed by atoms with Crippen LogP contribution < -0.4 is 0 Å². The van der Waals surface area contributed by atoms with E-state index in [4.69, 9.17) is 15.0 Å². The minimum atomic E-state index is -4.86. The fourth-order valence-corrected chi connectivity index (χ4v) is 12.1. The van der Waals surface area contributed by atoms with E-state index >= 15 is 13.2 Å².